The smallest absolute Gasteiger partial charge is 0.140 e. The average Bonchev–Trinajstić information content (AvgIpc) is 3.57. The third-order valence-corrected chi connectivity index (χ3v) is 10.3. The molecular weight excluding hydrogens is 540 g/mol. The van der Waals surface area contributed by atoms with Crippen molar-refractivity contribution in [3.63, 3.8) is 0 Å². The molecule has 4 heteroatoms. The van der Waals surface area contributed by atoms with Crippen LogP contribution in [-0.4, -0.2) is 26.2 Å². The molecule has 44 heavy (non-hydrogen) atoms. The van der Waals surface area contributed by atoms with Crippen LogP contribution >= 0.6 is 0 Å². The quantitative estimate of drug-likeness (QED) is 0.204. The fraction of sp³-hybridized carbons (Fsp3) is 0.350. The Morgan fingerprint density at radius 2 is 1.05 bits per heavy atom. The number of benzene rings is 5. The lowest BCUT2D eigenvalue weighted by Crippen LogP contribution is -2.29. The lowest BCUT2D eigenvalue weighted by Gasteiger charge is -2.29. The number of hydrogen-bond acceptors (Lipinski definition) is 4. The van der Waals surface area contributed by atoms with Crippen LogP contribution in [0.1, 0.15) is 64.9 Å². The Labute approximate surface area is 258 Å². The van der Waals surface area contributed by atoms with Crippen molar-refractivity contribution in [2.45, 2.75) is 64.7 Å². The molecule has 0 spiro atoms. The molecular formula is C40H40N2O2. The van der Waals surface area contributed by atoms with Gasteiger partial charge in [0.25, 0.3) is 0 Å². The van der Waals surface area contributed by atoms with Crippen LogP contribution in [-0.2, 0) is 5.41 Å². The third-order valence-electron chi connectivity index (χ3n) is 10.3. The second-order valence-corrected chi connectivity index (χ2v) is 14.3. The predicted molar refractivity (Wildman–Crippen MR) is 187 cm³/mol. The van der Waals surface area contributed by atoms with E-state index < -0.39 is 0 Å². The number of furan rings is 2. The zero-order valence-electron chi connectivity index (χ0n) is 26.1. The van der Waals surface area contributed by atoms with Gasteiger partial charge in [-0.3, -0.25) is 0 Å². The highest BCUT2D eigenvalue weighted by Crippen LogP contribution is 2.46. The molecule has 0 aliphatic carbocycles. The second-order valence-electron chi connectivity index (χ2n) is 14.3. The topological polar surface area (TPSA) is 32.8 Å². The molecule has 5 aromatic carbocycles. The first kappa shape index (κ1) is 26.2. The fourth-order valence-electron chi connectivity index (χ4n) is 8.04. The molecule has 2 aliphatic heterocycles. The SMILES string of the molecule is CC(C)(C)c1c2oc3cc4cc(N5CCCCC5)ccc4cc3c2cc2oc3cc4cc(N5CCCCC5)ccc4cc3c12. The van der Waals surface area contributed by atoms with E-state index >= 15 is 0 Å². The first-order valence-corrected chi connectivity index (χ1v) is 16.6. The summed E-state index contributed by atoms with van der Waals surface area (Å²) in [6.45, 7) is 11.5. The lowest BCUT2D eigenvalue weighted by atomic mass is 9.82. The van der Waals surface area contributed by atoms with Crippen LogP contribution in [0.15, 0.2) is 75.6 Å². The molecule has 2 aliphatic rings. The number of anilines is 2. The number of fused-ring (bicyclic) bond motifs is 8. The van der Waals surface area contributed by atoms with E-state index in [2.05, 4.69) is 97.3 Å². The van der Waals surface area contributed by atoms with Gasteiger partial charge in [-0.1, -0.05) is 32.9 Å². The molecule has 222 valence electrons. The molecule has 4 heterocycles. The van der Waals surface area contributed by atoms with Crippen molar-refractivity contribution in [1.82, 2.24) is 0 Å². The Kier molecular flexibility index (Phi) is 5.76. The van der Waals surface area contributed by atoms with Gasteiger partial charge >= 0.3 is 0 Å². The number of rotatable bonds is 2. The summed E-state index contributed by atoms with van der Waals surface area (Å²) in [5.74, 6) is 0. The molecule has 7 aromatic rings. The highest BCUT2D eigenvalue weighted by atomic mass is 16.3. The van der Waals surface area contributed by atoms with E-state index in [0.29, 0.717) is 0 Å². The monoisotopic (exact) mass is 580 g/mol. The number of nitrogens with zero attached hydrogens (tertiary/aromatic N) is 2. The summed E-state index contributed by atoms with van der Waals surface area (Å²) in [6, 6.07) is 25.2. The van der Waals surface area contributed by atoms with Crippen LogP contribution in [0.4, 0.5) is 11.4 Å². The fourth-order valence-corrected chi connectivity index (χ4v) is 8.04. The molecule has 4 nitrogen and oxygen atoms in total. The van der Waals surface area contributed by atoms with E-state index in [4.69, 9.17) is 8.83 Å². The van der Waals surface area contributed by atoms with E-state index in [-0.39, 0.29) is 5.41 Å². The van der Waals surface area contributed by atoms with E-state index in [9.17, 15) is 0 Å². The molecule has 0 radical (unpaired) electrons. The Hall–Kier alpha value is -4.18. The summed E-state index contributed by atoms with van der Waals surface area (Å²) in [6.07, 6.45) is 7.80. The molecule has 0 atom stereocenters. The molecule has 0 bridgehead atoms. The Morgan fingerprint density at radius 1 is 0.500 bits per heavy atom. The molecule has 0 saturated carbocycles. The summed E-state index contributed by atoms with van der Waals surface area (Å²) in [5.41, 5.74) is 7.54. The van der Waals surface area contributed by atoms with Gasteiger partial charge in [0.15, 0.2) is 0 Å². The van der Waals surface area contributed by atoms with Crippen LogP contribution in [0.5, 0.6) is 0 Å². The normalized spacial score (nSPS) is 16.9. The van der Waals surface area contributed by atoms with E-state index in [0.717, 1.165) is 59.3 Å². The standard InChI is InChI=1S/C40H40N2O2/c1-40(2,3)38-37-33-21-26-11-13-30(42-16-8-5-9-17-42)19-28(26)23-35(33)43-36(37)24-32-31-20-25-10-12-29(41-14-6-4-7-15-41)18-27(25)22-34(31)44-39(32)38/h10-13,18-24H,4-9,14-17H2,1-3H3. The maximum absolute atomic E-state index is 6.84. The van der Waals surface area contributed by atoms with Crippen molar-refractivity contribution in [2.24, 2.45) is 0 Å². The summed E-state index contributed by atoms with van der Waals surface area (Å²) < 4.78 is 13.6. The van der Waals surface area contributed by atoms with Crippen molar-refractivity contribution < 1.29 is 8.83 Å². The zero-order valence-corrected chi connectivity index (χ0v) is 26.1. The average molecular weight is 581 g/mol. The lowest BCUT2D eigenvalue weighted by molar-refractivity contribution is 0.577. The number of piperidine rings is 2. The minimum atomic E-state index is -0.142. The van der Waals surface area contributed by atoms with Gasteiger partial charge in [-0.25, -0.2) is 0 Å². The summed E-state index contributed by atoms with van der Waals surface area (Å²) in [7, 11) is 0. The Bertz CT molecular complexity index is 2200. The van der Waals surface area contributed by atoms with E-state index in [1.807, 2.05) is 0 Å². The molecule has 9 rings (SSSR count). The third kappa shape index (κ3) is 4.10. The summed E-state index contributed by atoms with van der Waals surface area (Å²) >= 11 is 0. The maximum Gasteiger partial charge on any atom is 0.140 e. The molecule has 2 saturated heterocycles. The van der Waals surface area contributed by atoms with Gasteiger partial charge in [0.05, 0.1) is 0 Å². The van der Waals surface area contributed by atoms with Crippen molar-refractivity contribution in [3.8, 4) is 0 Å². The molecule has 0 unspecified atom stereocenters. The second kappa shape index (κ2) is 9.66. The van der Waals surface area contributed by atoms with E-state index in [1.165, 1.54) is 87.8 Å². The zero-order chi connectivity index (χ0) is 29.6. The molecule has 2 fully saturated rings. The van der Waals surface area contributed by atoms with Crippen LogP contribution in [0.25, 0.3) is 65.4 Å². The van der Waals surface area contributed by atoms with Crippen molar-refractivity contribution >= 4 is 76.8 Å². The van der Waals surface area contributed by atoms with Crippen molar-refractivity contribution in [1.29, 1.82) is 0 Å². The first-order chi connectivity index (χ1) is 21.4. The van der Waals surface area contributed by atoms with Gasteiger partial charge < -0.3 is 18.6 Å². The number of hydrogen-bond donors (Lipinski definition) is 0. The van der Waals surface area contributed by atoms with Gasteiger partial charge in [-0.2, -0.15) is 0 Å². The van der Waals surface area contributed by atoms with Crippen LogP contribution in [0, 0.1) is 0 Å². The minimum Gasteiger partial charge on any atom is -0.456 e. The van der Waals surface area contributed by atoms with Crippen molar-refractivity contribution in [2.75, 3.05) is 36.0 Å². The van der Waals surface area contributed by atoms with Gasteiger partial charge in [0.1, 0.15) is 22.3 Å². The van der Waals surface area contributed by atoms with Crippen LogP contribution in [0.3, 0.4) is 0 Å². The van der Waals surface area contributed by atoms with Gasteiger partial charge in [-0.15, -0.1) is 0 Å². The van der Waals surface area contributed by atoms with Crippen LogP contribution < -0.4 is 9.80 Å². The van der Waals surface area contributed by atoms with Gasteiger partial charge in [0.2, 0.25) is 0 Å². The largest absolute Gasteiger partial charge is 0.456 e. The van der Waals surface area contributed by atoms with Crippen molar-refractivity contribution in [3.05, 3.63) is 72.3 Å². The molecule has 0 amide bonds. The Morgan fingerprint density at radius 3 is 1.61 bits per heavy atom. The highest BCUT2D eigenvalue weighted by Gasteiger charge is 2.28. The minimum absolute atomic E-state index is 0.142. The van der Waals surface area contributed by atoms with Gasteiger partial charge in [-0.05, 0) is 120 Å². The van der Waals surface area contributed by atoms with Gasteiger partial charge in [0, 0.05) is 64.7 Å². The first-order valence-electron chi connectivity index (χ1n) is 16.6. The van der Waals surface area contributed by atoms with Crippen LogP contribution in [0.2, 0.25) is 0 Å². The summed E-state index contributed by atoms with van der Waals surface area (Å²) in [4.78, 5) is 5.06. The maximum atomic E-state index is 6.84. The molecule has 2 aromatic heterocycles. The van der Waals surface area contributed by atoms with E-state index in [1.54, 1.807) is 0 Å². The highest BCUT2D eigenvalue weighted by molar-refractivity contribution is 6.20. The Balaban J connectivity index is 1.25. The predicted octanol–water partition coefficient (Wildman–Crippen LogP) is 11.1. The molecule has 0 N–H and O–H groups in total. The summed E-state index contributed by atoms with van der Waals surface area (Å²) in [5, 5.41) is 9.61.